The number of amides is 2. The van der Waals surface area contributed by atoms with E-state index >= 15 is 0 Å². The summed E-state index contributed by atoms with van der Waals surface area (Å²) in [6, 6.07) is 12.7. The smallest absolute Gasteiger partial charge is 0.257 e. The van der Waals surface area contributed by atoms with Gasteiger partial charge in [0, 0.05) is 63.4 Å². The standard InChI is InChI=1S/C33H42N4O4/c1-2-37(28-13-18-40-19-14-28)32(38)27-11-9-26(10-12-27)25-7-5-24(6-8-25)22-36-23-29(31-30(36)4-3-15-34-31)33(39)35-16-20-41-21-17-35/h3-4,9-12,15,23-25,28H,2,5-8,13-14,16-22H2,1H3. The number of aromatic nitrogens is 2. The minimum Gasteiger partial charge on any atom is -0.381 e. The average Bonchev–Trinajstić information content (AvgIpc) is 3.40. The van der Waals surface area contributed by atoms with E-state index in [4.69, 9.17) is 9.47 Å². The van der Waals surface area contributed by atoms with E-state index in [1.165, 1.54) is 5.56 Å². The zero-order chi connectivity index (χ0) is 28.2. The monoisotopic (exact) mass is 558 g/mol. The van der Waals surface area contributed by atoms with Crippen molar-refractivity contribution in [2.45, 2.75) is 64.0 Å². The highest BCUT2D eigenvalue weighted by atomic mass is 16.5. The number of pyridine rings is 1. The third-order valence-corrected chi connectivity index (χ3v) is 9.33. The van der Waals surface area contributed by atoms with Crippen LogP contribution in [0.5, 0.6) is 0 Å². The lowest BCUT2D eigenvalue weighted by Crippen LogP contribution is -2.43. The molecule has 2 saturated heterocycles. The lowest BCUT2D eigenvalue weighted by atomic mass is 9.78. The van der Waals surface area contributed by atoms with Crippen LogP contribution >= 0.6 is 0 Å². The molecule has 3 aromatic rings. The van der Waals surface area contributed by atoms with E-state index in [-0.39, 0.29) is 17.9 Å². The Morgan fingerprint density at radius 1 is 0.927 bits per heavy atom. The van der Waals surface area contributed by atoms with Gasteiger partial charge in [0.1, 0.15) is 5.52 Å². The summed E-state index contributed by atoms with van der Waals surface area (Å²) in [6.07, 6.45) is 10.2. The number of ether oxygens (including phenoxy) is 2. The van der Waals surface area contributed by atoms with Crippen LogP contribution in [0.3, 0.4) is 0 Å². The molecule has 4 heterocycles. The maximum Gasteiger partial charge on any atom is 0.257 e. The van der Waals surface area contributed by atoms with Gasteiger partial charge in [0.25, 0.3) is 11.8 Å². The van der Waals surface area contributed by atoms with E-state index < -0.39 is 0 Å². The van der Waals surface area contributed by atoms with E-state index in [1.807, 2.05) is 34.2 Å². The van der Waals surface area contributed by atoms with Crippen molar-refractivity contribution in [1.82, 2.24) is 19.4 Å². The molecule has 1 aliphatic carbocycles. The molecule has 0 radical (unpaired) electrons. The molecule has 8 heteroatoms. The molecule has 1 aromatic carbocycles. The van der Waals surface area contributed by atoms with Crippen LogP contribution < -0.4 is 0 Å². The molecule has 3 aliphatic rings. The molecule has 3 fully saturated rings. The van der Waals surface area contributed by atoms with Gasteiger partial charge in [-0.2, -0.15) is 0 Å². The van der Waals surface area contributed by atoms with Gasteiger partial charge in [0.2, 0.25) is 0 Å². The van der Waals surface area contributed by atoms with Crippen molar-refractivity contribution >= 4 is 22.8 Å². The number of carbonyl (C=O) groups is 2. The quantitative estimate of drug-likeness (QED) is 0.402. The maximum absolute atomic E-state index is 13.3. The molecular weight excluding hydrogens is 516 g/mol. The Kier molecular flexibility index (Phi) is 8.67. The summed E-state index contributed by atoms with van der Waals surface area (Å²) >= 11 is 0. The van der Waals surface area contributed by atoms with Crippen molar-refractivity contribution < 1.29 is 19.1 Å². The van der Waals surface area contributed by atoms with Gasteiger partial charge in [0.05, 0.1) is 24.3 Å². The number of hydrogen-bond donors (Lipinski definition) is 0. The van der Waals surface area contributed by atoms with Crippen molar-refractivity contribution in [3.8, 4) is 0 Å². The fraction of sp³-hybridized carbons (Fsp3) is 0.545. The Morgan fingerprint density at radius 3 is 2.34 bits per heavy atom. The number of carbonyl (C=O) groups excluding carboxylic acids is 2. The van der Waals surface area contributed by atoms with Crippen molar-refractivity contribution in [2.24, 2.45) is 5.92 Å². The zero-order valence-corrected chi connectivity index (χ0v) is 24.2. The van der Waals surface area contributed by atoms with Crippen LogP contribution in [-0.2, 0) is 16.0 Å². The Labute approximate surface area is 242 Å². The zero-order valence-electron chi connectivity index (χ0n) is 24.2. The van der Waals surface area contributed by atoms with Crippen LogP contribution in [0, 0.1) is 5.92 Å². The molecule has 0 bridgehead atoms. The van der Waals surface area contributed by atoms with Crippen molar-refractivity contribution in [1.29, 1.82) is 0 Å². The van der Waals surface area contributed by atoms with E-state index in [0.29, 0.717) is 43.7 Å². The molecule has 2 aliphatic heterocycles. The minimum atomic E-state index is 0.0520. The second-order valence-electron chi connectivity index (χ2n) is 11.7. The summed E-state index contributed by atoms with van der Waals surface area (Å²) in [7, 11) is 0. The van der Waals surface area contributed by atoms with Crippen molar-refractivity contribution in [3.63, 3.8) is 0 Å². The topological polar surface area (TPSA) is 76.9 Å². The normalized spacial score (nSPS) is 22.1. The molecule has 218 valence electrons. The molecule has 2 aromatic heterocycles. The molecule has 1 saturated carbocycles. The van der Waals surface area contributed by atoms with E-state index in [9.17, 15) is 9.59 Å². The Bertz CT molecular complexity index is 1330. The fourth-order valence-electron chi connectivity index (χ4n) is 6.95. The minimum absolute atomic E-state index is 0.0520. The molecule has 6 rings (SSSR count). The van der Waals surface area contributed by atoms with Crippen molar-refractivity contribution in [2.75, 3.05) is 46.1 Å². The third-order valence-electron chi connectivity index (χ3n) is 9.33. The number of benzene rings is 1. The van der Waals surface area contributed by atoms with Gasteiger partial charge in [0.15, 0.2) is 0 Å². The summed E-state index contributed by atoms with van der Waals surface area (Å²) in [4.78, 5) is 35.1. The predicted molar refractivity (Wildman–Crippen MR) is 158 cm³/mol. The predicted octanol–water partition coefficient (Wildman–Crippen LogP) is 5.12. The van der Waals surface area contributed by atoms with E-state index in [1.54, 1.807) is 6.20 Å². The molecule has 0 unspecified atom stereocenters. The first-order valence-corrected chi connectivity index (χ1v) is 15.4. The van der Waals surface area contributed by atoms with E-state index in [0.717, 1.165) is 81.4 Å². The molecule has 2 amide bonds. The van der Waals surface area contributed by atoms with Crippen LogP contribution in [0.2, 0.25) is 0 Å². The van der Waals surface area contributed by atoms with Crippen LogP contribution in [0.15, 0.2) is 48.8 Å². The molecule has 41 heavy (non-hydrogen) atoms. The highest BCUT2D eigenvalue weighted by Gasteiger charge is 2.28. The van der Waals surface area contributed by atoms with Gasteiger partial charge in [-0.25, -0.2) is 0 Å². The Balaban J connectivity index is 1.08. The Morgan fingerprint density at radius 2 is 1.63 bits per heavy atom. The first-order chi connectivity index (χ1) is 20.1. The summed E-state index contributed by atoms with van der Waals surface area (Å²) < 4.78 is 13.2. The largest absolute Gasteiger partial charge is 0.381 e. The van der Waals surface area contributed by atoms with Gasteiger partial charge in [-0.05, 0) is 87.1 Å². The SMILES string of the molecule is CCN(C(=O)c1ccc(C2CCC(Cn3cc(C(=O)N4CCOCC4)c4ncccc43)CC2)cc1)C1CCOCC1. The summed E-state index contributed by atoms with van der Waals surface area (Å²) in [5.74, 6) is 1.27. The second kappa shape index (κ2) is 12.7. The second-order valence-corrected chi connectivity index (χ2v) is 11.7. The fourth-order valence-corrected chi connectivity index (χ4v) is 6.95. The molecule has 8 nitrogen and oxygen atoms in total. The molecule has 0 atom stereocenters. The summed E-state index contributed by atoms with van der Waals surface area (Å²) in [5.41, 5.74) is 4.65. The van der Waals surface area contributed by atoms with Gasteiger partial charge in [-0.3, -0.25) is 14.6 Å². The Hall–Kier alpha value is -3.23. The van der Waals surface area contributed by atoms with Gasteiger partial charge in [-0.1, -0.05) is 12.1 Å². The highest BCUT2D eigenvalue weighted by Crippen LogP contribution is 2.37. The first kappa shape index (κ1) is 27.9. The van der Waals surface area contributed by atoms with Gasteiger partial charge >= 0.3 is 0 Å². The lowest BCUT2D eigenvalue weighted by Gasteiger charge is -2.33. The van der Waals surface area contributed by atoms with Crippen molar-refractivity contribution in [3.05, 3.63) is 65.5 Å². The van der Waals surface area contributed by atoms with Crippen LogP contribution in [0.1, 0.15) is 77.6 Å². The summed E-state index contributed by atoms with van der Waals surface area (Å²) in [6.45, 7) is 7.61. The number of rotatable bonds is 7. The highest BCUT2D eigenvalue weighted by molar-refractivity contribution is 6.05. The first-order valence-electron chi connectivity index (χ1n) is 15.4. The summed E-state index contributed by atoms with van der Waals surface area (Å²) in [5, 5.41) is 0. The lowest BCUT2D eigenvalue weighted by molar-refractivity contribution is 0.0301. The van der Waals surface area contributed by atoms with E-state index in [2.05, 4.69) is 34.7 Å². The van der Waals surface area contributed by atoms with Gasteiger partial charge < -0.3 is 23.8 Å². The van der Waals surface area contributed by atoms with Crippen LogP contribution in [0.4, 0.5) is 0 Å². The van der Waals surface area contributed by atoms with Crippen LogP contribution in [0.25, 0.3) is 11.0 Å². The number of fused-ring (bicyclic) bond motifs is 1. The molecule has 0 N–H and O–H groups in total. The maximum atomic E-state index is 13.3. The number of nitrogens with zero attached hydrogens (tertiary/aromatic N) is 4. The average molecular weight is 559 g/mol. The molecular formula is C33H42N4O4. The number of hydrogen-bond acceptors (Lipinski definition) is 5. The van der Waals surface area contributed by atoms with Gasteiger partial charge in [-0.15, -0.1) is 0 Å². The number of morpholine rings is 1. The third kappa shape index (κ3) is 6.04. The van der Waals surface area contributed by atoms with Crippen LogP contribution in [-0.4, -0.2) is 83.3 Å². The molecule has 0 spiro atoms.